The van der Waals surface area contributed by atoms with Gasteiger partial charge in [0.05, 0.1) is 29.4 Å². The monoisotopic (exact) mass is 401 g/mol. The molecule has 1 aliphatic heterocycles. The SMILES string of the molecule is Cc1nnc(SCC(=O)NC[C@H]2CCCO2)c2c1cnn2-c1ccc(F)cc1. The molecule has 0 saturated carbocycles. The molecule has 0 aliphatic carbocycles. The van der Waals surface area contributed by atoms with Gasteiger partial charge in [-0.2, -0.15) is 10.2 Å². The van der Waals surface area contributed by atoms with Crippen molar-refractivity contribution in [2.24, 2.45) is 0 Å². The summed E-state index contributed by atoms with van der Waals surface area (Å²) in [6.45, 7) is 3.15. The summed E-state index contributed by atoms with van der Waals surface area (Å²) in [7, 11) is 0. The Kier molecular flexibility index (Phi) is 5.54. The van der Waals surface area contributed by atoms with Gasteiger partial charge in [-0.25, -0.2) is 9.07 Å². The second kappa shape index (κ2) is 8.24. The van der Waals surface area contributed by atoms with Crippen molar-refractivity contribution in [3.8, 4) is 5.69 Å². The average Bonchev–Trinajstić information content (AvgIpc) is 3.37. The van der Waals surface area contributed by atoms with Crippen LogP contribution in [0.3, 0.4) is 0 Å². The Hall–Kier alpha value is -2.52. The molecule has 1 aromatic carbocycles. The van der Waals surface area contributed by atoms with Gasteiger partial charge >= 0.3 is 0 Å². The first kappa shape index (κ1) is 18.8. The number of hydrogen-bond donors (Lipinski definition) is 1. The fourth-order valence-electron chi connectivity index (χ4n) is 3.13. The van der Waals surface area contributed by atoms with Crippen molar-refractivity contribution in [3.63, 3.8) is 0 Å². The molecule has 1 saturated heterocycles. The number of halogens is 1. The number of nitrogens with one attached hydrogen (secondary N) is 1. The third-order valence-electron chi connectivity index (χ3n) is 4.61. The predicted molar refractivity (Wildman–Crippen MR) is 104 cm³/mol. The lowest BCUT2D eigenvalue weighted by Gasteiger charge is -2.11. The van der Waals surface area contributed by atoms with Gasteiger partial charge in [-0.1, -0.05) is 11.8 Å². The number of fused-ring (bicyclic) bond motifs is 1. The number of aromatic nitrogens is 4. The minimum atomic E-state index is -0.311. The van der Waals surface area contributed by atoms with E-state index in [0.717, 1.165) is 36.0 Å². The van der Waals surface area contributed by atoms with E-state index in [1.165, 1.54) is 23.9 Å². The number of carbonyl (C=O) groups is 1. The van der Waals surface area contributed by atoms with Crippen molar-refractivity contribution in [1.29, 1.82) is 0 Å². The first-order chi connectivity index (χ1) is 13.6. The van der Waals surface area contributed by atoms with Gasteiger partial charge in [-0.05, 0) is 44.0 Å². The zero-order valence-electron chi connectivity index (χ0n) is 15.4. The Morgan fingerprint density at radius 2 is 2.18 bits per heavy atom. The highest BCUT2D eigenvalue weighted by atomic mass is 32.2. The lowest BCUT2D eigenvalue weighted by atomic mass is 10.2. The smallest absolute Gasteiger partial charge is 0.230 e. The summed E-state index contributed by atoms with van der Waals surface area (Å²) in [5.41, 5.74) is 2.22. The fraction of sp³-hybridized carbons (Fsp3) is 0.368. The zero-order chi connectivity index (χ0) is 19.5. The van der Waals surface area contributed by atoms with Crippen LogP contribution in [-0.4, -0.2) is 50.9 Å². The lowest BCUT2D eigenvalue weighted by Crippen LogP contribution is -2.32. The van der Waals surface area contributed by atoms with E-state index in [4.69, 9.17) is 4.74 Å². The first-order valence-corrected chi connectivity index (χ1v) is 10.1. The van der Waals surface area contributed by atoms with Gasteiger partial charge in [-0.3, -0.25) is 4.79 Å². The molecular formula is C19H20FN5O2S. The molecule has 1 amide bonds. The Balaban J connectivity index is 1.53. The Morgan fingerprint density at radius 3 is 2.93 bits per heavy atom. The second-order valence-electron chi connectivity index (χ2n) is 6.61. The zero-order valence-corrected chi connectivity index (χ0v) is 16.2. The van der Waals surface area contributed by atoms with Crippen LogP contribution in [0.1, 0.15) is 18.5 Å². The van der Waals surface area contributed by atoms with E-state index in [0.29, 0.717) is 17.3 Å². The largest absolute Gasteiger partial charge is 0.376 e. The summed E-state index contributed by atoms with van der Waals surface area (Å²) in [6, 6.07) is 6.08. The molecule has 3 aromatic rings. The van der Waals surface area contributed by atoms with Crippen LogP contribution in [0.2, 0.25) is 0 Å². The van der Waals surface area contributed by atoms with Gasteiger partial charge in [0.2, 0.25) is 5.91 Å². The summed E-state index contributed by atoms with van der Waals surface area (Å²) < 4.78 is 20.5. The Labute approximate surface area is 165 Å². The number of carbonyl (C=O) groups excluding carboxylic acids is 1. The van der Waals surface area contributed by atoms with Crippen molar-refractivity contribution in [2.75, 3.05) is 18.9 Å². The number of aryl methyl sites for hydroxylation is 1. The topological polar surface area (TPSA) is 81.9 Å². The average molecular weight is 401 g/mol. The van der Waals surface area contributed by atoms with Gasteiger partial charge in [0.25, 0.3) is 0 Å². The van der Waals surface area contributed by atoms with Crippen molar-refractivity contribution < 1.29 is 13.9 Å². The number of hydrogen-bond acceptors (Lipinski definition) is 6. The molecule has 3 heterocycles. The summed E-state index contributed by atoms with van der Waals surface area (Å²) in [5, 5.41) is 17.2. The lowest BCUT2D eigenvalue weighted by molar-refractivity contribution is -0.119. The fourth-order valence-corrected chi connectivity index (χ4v) is 3.94. The van der Waals surface area contributed by atoms with E-state index in [1.807, 2.05) is 6.92 Å². The highest BCUT2D eigenvalue weighted by molar-refractivity contribution is 8.00. The first-order valence-electron chi connectivity index (χ1n) is 9.10. The quantitative estimate of drug-likeness (QED) is 0.640. The normalized spacial score (nSPS) is 16.6. The molecule has 4 rings (SSSR count). The van der Waals surface area contributed by atoms with Crippen molar-refractivity contribution in [3.05, 3.63) is 42.0 Å². The molecule has 0 bridgehead atoms. The minimum absolute atomic E-state index is 0.0797. The molecule has 1 aliphatic rings. The maximum atomic E-state index is 13.3. The van der Waals surface area contributed by atoms with Gasteiger partial charge in [0.15, 0.2) is 0 Å². The second-order valence-corrected chi connectivity index (χ2v) is 7.58. The van der Waals surface area contributed by atoms with Crippen molar-refractivity contribution >= 4 is 28.6 Å². The molecule has 1 N–H and O–H groups in total. The summed E-state index contributed by atoms with van der Waals surface area (Å²) >= 11 is 1.30. The van der Waals surface area contributed by atoms with E-state index < -0.39 is 0 Å². The molecule has 1 atom stereocenters. The van der Waals surface area contributed by atoms with Gasteiger partial charge in [0.1, 0.15) is 16.4 Å². The van der Waals surface area contributed by atoms with Crippen LogP contribution in [-0.2, 0) is 9.53 Å². The van der Waals surface area contributed by atoms with Crippen LogP contribution in [0.15, 0.2) is 35.5 Å². The van der Waals surface area contributed by atoms with E-state index >= 15 is 0 Å². The van der Waals surface area contributed by atoms with E-state index in [2.05, 4.69) is 20.6 Å². The van der Waals surface area contributed by atoms with Crippen LogP contribution in [0.4, 0.5) is 4.39 Å². The molecule has 146 valence electrons. The third-order valence-corrected chi connectivity index (χ3v) is 5.57. The number of ether oxygens (including phenoxy) is 1. The number of amides is 1. The highest BCUT2D eigenvalue weighted by Gasteiger charge is 2.18. The van der Waals surface area contributed by atoms with Crippen LogP contribution in [0.25, 0.3) is 16.6 Å². The van der Waals surface area contributed by atoms with Crippen molar-refractivity contribution in [1.82, 2.24) is 25.3 Å². The molecule has 0 spiro atoms. The maximum Gasteiger partial charge on any atom is 0.230 e. The van der Waals surface area contributed by atoms with Crippen LogP contribution in [0.5, 0.6) is 0 Å². The van der Waals surface area contributed by atoms with E-state index in [1.54, 1.807) is 23.0 Å². The number of rotatable bonds is 6. The Morgan fingerprint density at radius 1 is 1.36 bits per heavy atom. The molecule has 1 fully saturated rings. The highest BCUT2D eigenvalue weighted by Crippen LogP contribution is 2.28. The predicted octanol–water partition coefficient (Wildman–Crippen LogP) is 2.65. The van der Waals surface area contributed by atoms with Gasteiger partial charge < -0.3 is 10.1 Å². The van der Waals surface area contributed by atoms with E-state index in [9.17, 15) is 9.18 Å². The summed E-state index contributed by atoms with van der Waals surface area (Å²) in [5.74, 6) is -0.175. The molecule has 9 heteroatoms. The number of thioether (sulfide) groups is 1. The third kappa shape index (κ3) is 4.00. The minimum Gasteiger partial charge on any atom is -0.376 e. The van der Waals surface area contributed by atoms with E-state index in [-0.39, 0.29) is 23.6 Å². The van der Waals surface area contributed by atoms with Gasteiger partial charge in [-0.15, -0.1) is 5.10 Å². The summed E-state index contributed by atoms with van der Waals surface area (Å²) in [6.07, 6.45) is 3.85. The van der Waals surface area contributed by atoms with Crippen LogP contribution < -0.4 is 5.32 Å². The molecule has 7 nitrogen and oxygen atoms in total. The molecule has 2 aromatic heterocycles. The number of nitrogens with zero attached hydrogens (tertiary/aromatic N) is 4. The van der Waals surface area contributed by atoms with Gasteiger partial charge in [0, 0.05) is 18.5 Å². The Bertz CT molecular complexity index is 986. The molecular weight excluding hydrogens is 381 g/mol. The van der Waals surface area contributed by atoms with Crippen LogP contribution in [0, 0.1) is 12.7 Å². The summed E-state index contributed by atoms with van der Waals surface area (Å²) in [4.78, 5) is 12.2. The molecule has 0 unspecified atom stereocenters. The maximum absolute atomic E-state index is 13.3. The standard InChI is InChI=1S/C19H20FN5O2S/c1-12-16-10-22-25(14-6-4-13(20)5-7-14)18(16)19(24-23-12)28-11-17(26)21-9-15-3-2-8-27-15/h4-7,10,15H,2-3,8-9,11H2,1H3,(H,21,26)/t15-/m1/s1. The molecule has 0 radical (unpaired) electrons. The van der Waals surface area contributed by atoms with Crippen molar-refractivity contribution in [2.45, 2.75) is 30.9 Å². The number of benzene rings is 1. The van der Waals surface area contributed by atoms with Crippen LogP contribution >= 0.6 is 11.8 Å². The molecule has 28 heavy (non-hydrogen) atoms.